The molecular weight excluding hydrogens is 604 g/mol. The zero-order chi connectivity index (χ0) is 33.3. The molecule has 2 aromatic heterocycles. The molecule has 0 aromatic carbocycles. The van der Waals surface area contributed by atoms with Crippen molar-refractivity contribution < 1.29 is 29.0 Å². The Hall–Kier alpha value is -3.67. The van der Waals surface area contributed by atoms with Gasteiger partial charge in [0.2, 0.25) is 11.8 Å². The number of carbonyl (C=O) groups is 2. The Labute approximate surface area is 271 Å². The van der Waals surface area contributed by atoms with Gasteiger partial charge in [-0.1, -0.05) is 57.0 Å². The van der Waals surface area contributed by atoms with Crippen molar-refractivity contribution in [1.82, 2.24) is 20.1 Å². The highest BCUT2D eigenvalue weighted by Crippen LogP contribution is 2.33. The minimum atomic E-state index is -0.416. The Balaban J connectivity index is 0.000000419. The predicted octanol–water partition coefficient (Wildman–Crippen LogP) is 3.95. The number of aromatic nitrogens is 2. The lowest BCUT2D eigenvalue weighted by molar-refractivity contribution is -0.135. The molecule has 2 amide bonds. The van der Waals surface area contributed by atoms with Crippen LogP contribution in [-0.4, -0.2) is 73.4 Å². The molecule has 0 aliphatic carbocycles. The first kappa shape index (κ1) is 39.4. The zero-order valence-corrected chi connectivity index (χ0v) is 28.2. The molecule has 252 valence electrons. The van der Waals surface area contributed by atoms with Gasteiger partial charge >= 0.3 is 0 Å². The second-order valence-electron chi connectivity index (χ2n) is 12.5. The Kier molecular flexibility index (Phi) is 15.5. The number of carbonyl (C=O) groups excluding carboxylic acids is 2. The minimum absolute atomic E-state index is 0. The number of rotatable bonds is 7. The van der Waals surface area contributed by atoms with E-state index in [-0.39, 0.29) is 59.9 Å². The van der Waals surface area contributed by atoms with Gasteiger partial charge in [0.15, 0.2) is 5.84 Å². The predicted molar refractivity (Wildman–Crippen MR) is 168 cm³/mol. The van der Waals surface area contributed by atoms with E-state index in [0.717, 1.165) is 17.8 Å². The summed E-state index contributed by atoms with van der Waals surface area (Å²) in [6.07, 6.45) is 1.45. The molecule has 0 bridgehead atoms. The van der Waals surface area contributed by atoms with Crippen LogP contribution in [0.25, 0.3) is 0 Å². The van der Waals surface area contributed by atoms with Gasteiger partial charge in [0.05, 0.1) is 23.5 Å². The van der Waals surface area contributed by atoms with Crippen molar-refractivity contribution in [2.24, 2.45) is 40.5 Å². The van der Waals surface area contributed by atoms with Gasteiger partial charge in [-0.25, -0.2) is 5.90 Å². The summed E-state index contributed by atoms with van der Waals surface area (Å²) in [5, 5.41) is 35.5. The Morgan fingerprint density at radius 2 is 1.36 bits per heavy atom. The maximum absolute atomic E-state index is 13.0. The maximum atomic E-state index is 13.0. The van der Waals surface area contributed by atoms with E-state index < -0.39 is 5.92 Å². The van der Waals surface area contributed by atoms with Crippen molar-refractivity contribution in [3.05, 3.63) is 35.0 Å². The molecule has 4 heterocycles. The van der Waals surface area contributed by atoms with Crippen LogP contribution in [-0.2, 0) is 9.59 Å². The summed E-state index contributed by atoms with van der Waals surface area (Å²) in [5.41, 5.74) is 7.27. The second-order valence-corrected chi connectivity index (χ2v) is 12.5. The van der Waals surface area contributed by atoms with E-state index in [0.29, 0.717) is 42.9 Å². The average molecular weight is 653 g/mol. The van der Waals surface area contributed by atoms with Gasteiger partial charge in [-0.15, -0.1) is 12.4 Å². The van der Waals surface area contributed by atoms with Crippen LogP contribution in [0.4, 0.5) is 0 Å². The third kappa shape index (κ3) is 9.66. The fourth-order valence-corrected chi connectivity index (χ4v) is 5.94. The summed E-state index contributed by atoms with van der Waals surface area (Å²) < 4.78 is 10.6. The number of aryl methyl sites for hydroxylation is 2. The number of likely N-dealkylation sites (tertiary alicyclic amines) is 2. The molecule has 0 radical (unpaired) electrons. The van der Waals surface area contributed by atoms with Crippen molar-refractivity contribution in [2.75, 3.05) is 13.1 Å². The molecule has 2 aliphatic heterocycles. The van der Waals surface area contributed by atoms with Gasteiger partial charge in [0, 0.05) is 25.2 Å². The number of amides is 2. The van der Waals surface area contributed by atoms with Gasteiger partial charge in [-0.3, -0.25) is 9.59 Å². The lowest BCUT2D eigenvalue weighted by Gasteiger charge is -2.28. The summed E-state index contributed by atoms with van der Waals surface area (Å²) in [6.45, 7) is 16.9. The molecule has 4 rings (SSSR count). The molecule has 6 N–H and O–H groups in total. The largest absolute Gasteiger partial charge is 0.409 e. The number of nitriles is 1. The van der Waals surface area contributed by atoms with E-state index in [1.165, 1.54) is 0 Å². The third-order valence-corrected chi connectivity index (χ3v) is 7.96. The number of halogens is 1. The van der Waals surface area contributed by atoms with E-state index in [2.05, 4.69) is 34.4 Å². The number of oxime groups is 1. The smallest absolute Gasteiger partial charge is 0.234 e. The monoisotopic (exact) mass is 652 g/mol. The fourth-order valence-electron chi connectivity index (χ4n) is 5.94. The minimum Gasteiger partial charge on any atom is -0.409 e. The van der Waals surface area contributed by atoms with Crippen LogP contribution in [0, 0.1) is 48.9 Å². The fraction of sp³-hybridized carbons (Fsp3) is 0.667. The normalized spacial score (nSPS) is 22.5. The Morgan fingerprint density at radius 1 is 0.933 bits per heavy atom. The van der Waals surface area contributed by atoms with Crippen molar-refractivity contribution >= 4 is 30.1 Å². The third-order valence-electron chi connectivity index (χ3n) is 7.96. The van der Waals surface area contributed by atoms with Crippen LogP contribution < -0.4 is 11.6 Å². The van der Waals surface area contributed by atoms with Crippen LogP contribution in [0.15, 0.2) is 26.3 Å². The molecular formula is C30H49ClN8O6. The lowest BCUT2D eigenvalue weighted by atomic mass is 9.91. The first-order valence-electron chi connectivity index (χ1n) is 14.9. The second kappa shape index (κ2) is 17.7. The van der Waals surface area contributed by atoms with Crippen molar-refractivity contribution in [3.8, 4) is 6.07 Å². The van der Waals surface area contributed by atoms with Crippen LogP contribution in [0.1, 0.15) is 89.1 Å². The van der Waals surface area contributed by atoms with Gasteiger partial charge in [-0.2, -0.15) is 5.26 Å². The zero-order valence-electron chi connectivity index (χ0n) is 27.4. The lowest BCUT2D eigenvalue weighted by Crippen LogP contribution is -2.46. The molecule has 2 unspecified atom stereocenters. The molecule has 2 fully saturated rings. The van der Waals surface area contributed by atoms with Gasteiger partial charge in [-0.05, 0) is 50.4 Å². The average Bonchev–Trinajstić information content (AvgIpc) is 3.77. The Bertz CT molecular complexity index is 1310. The van der Waals surface area contributed by atoms with Crippen molar-refractivity contribution in [1.29, 1.82) is 5.26 Å². The molecule has 2 aromatic rings. The molecule has 14 nitrogen and oxygen atoms in total. The standard InChI is InChI=1S/C15H24N4O3.C15H21N3O2.ClH.H3NO/c1-8(2)13(12-6-10(4)18-22-12)15(20)19-7-9(3)5-11(19)14(16)17-21;1-9(2)14(13-6-11(4)17-20-13)15(19)18-8-10(3)5-12(18)7-16;;1-2/h6,8-9,11,13,21H,5,7H2,1-4H3,(H2,16,17);6,9-10,12,14H,5,8H2,1-4H3;1H;2H,1H2/t9-,11+,13?;10-,12+,14?;;/m11../s1. The van der Waals surface area contributed by atoms with Crippen LogP contribution >= 0.6 is 12.4 Å². The summed E-state index contributed by atoms with van der Waals surface area (Å²) in [6, 6.07) is 5.16. The van der Waals surface area contributed by atoms with E-state index in [9.17, 15) is 14.9 Å². The maximum Gasteiger partial charge on any atom is 0.234 e. The van der Waals surface area contributed by atoms with Gasteiger partial charge in [0.25, 0.3) is 0 Å². The number of nitrogens with zero attached hydrogens (tertiary/aromatic N) is 6. The SMILES string of the molecule is Cc1cc(C(C(=O)N2C[C@H](C)C[C@H]2/C(N)=N/O)C(C)C)on1.Cc1cc(C(C(=O)N2C[C@H](C)C[C@H]2C#N)C(C)C)on1.Cl.NO. The number of amidine groups is 1. The topological polar surface area (TPSA) is 221 Å². The summed E-state index contributed by atoms with van der Waals surface area (Å²) in [7, 11) is 0. The van der Waals surface area contributed by atoms with Crippen molar-refractivity contribution in [3.63, 3.8) is 0 Å². The first-order valence-corrected chi connectivity index (χ1v) is 14.9. The van der Waals surface area contributed by atoms with Gasteiger partial charge in [0.1, 0.15) is 29.4 Å². The molecule has 0 saturated carbocycles. The molecule has 6 atom stereocenters. The first-order chi connectivity index (χ1) is 20.8. The highest BCUT2D eigenvalue weighted by Gasteiger charge is 2.41. The molecule has 15 heteroatoms. The molecule has 2 saturated heterocycles. The highest BCUT2D eigenvalue weighted by molar-refractivity contribution is 5.92. The summed E-state index contributed by atoms with van der Waals surface area (Å²) in [4.78, 5) is 29.2. The highest BCUT2D eigenvalue weighted by atomic mass is 35.5. The van der Waals surface area contributed by atoms with Crippen LogP contribution in [0.5, 0.6) is 0 Å². The quantitative estimate of drug-likeness (QED) is 0.145. The van der Waals surface area contributed by atoms with Crippen molar-refractivity contribution in [2.45, 2.75) is 92.2 Å². The summed E-state index contributed by atoms with van der Waals surface area (Å²) in [5.74, 6) is 4.71. The van der Waals surface area contributed by atoms with Crippen LogP contribution in [0.3, 0.4) is 0 Å². The number of hydrogen-bond donors (Lipinski definition) is 4. The number of nitrogens with two attached hydrogens (primary N) is 2. The summed E-state index contributed by atoms with van der Waals surface area (Å²) >= 11 is 0. The molecule has 2 aliphatic rings. The van der Waals surface area contributed by atoms with E-state index in [4.69, 9.17) is 25.2 Å². The molecule has 0 spiro atoms. The van der Waals surface area contributed by atoms with E-state index >= 15 is 0 Å². The molecule has 45 heavy (non-hydrogen) atoms. The van der Waals surface area contributed by atoms with E-state index in [1.54, 1.807) is 15.9 Å². The van der Waals surface area contributed by atoms with Crippen LogP contribution in [0.2, 0.25) is 0 Å². The van der Waals surface area contributed by atoms with Gasteiger partial charge < -0.3 is 35.0 Å². The Morgan fingerprint density at radius 3 is 1.73 bits per heavy atom. The number of hydrogen-bond acceptors (Lipinski definition) is 11. The van der Waals surface area contributed by atoms with E-state index in [1.807, 2.05) is 54.5 Å².